The van der Waals surface area contributed by atoms with Crippen LogP contribution in [0.5, 0.6) is 0 Å². The normalized spacial score (nSPS) is 18.8. The van der Waals surface area contributed by atoms with Crippen LogP contribution in [-0.2, 0) is 17.8 Å². The lowest BCUT2D eigenvalue weighted by molar-refractivity contribution is -0.119. The zero-order chi connectivity index (χ0) is 18.7. The molecule has 2 aliphatic rings. The minimum Gasteiger partial charge on any atom is -0.357 e. The molecule has 27 heavy (non-hydrogen) atoms. The molecule has 0 radical (unpaired) electrons. The predicted octanol–water partition coefficient (Wildman–Crippen LogP) is 3.26. The summed E-state index contributed by atoms with van der Waals surface area (Å²) in [5.41, 5.74) is 4.18. The van der Waals surface area contributed by atoms with Gasteiger partial charge >= 0.3 is 6.03 Å². The molecule has 1 aromatic heterocycles. The van der Waals surface area contributed by atoms with Crippen LogP contribution in [0.3, 0.4) is 0 Å². The average molecular weight is 359 g/mol. The number of benzene rings is 2. The highest BCUT2D eigenvalue weighted by Crippen LogP contribution is 2.35. The van der Waals surface area contributed by atoms with Gasteiger partial charge < -0.3 is 9.88 Å². The van der Waals surface area contributed by atoms with E-state index >= 15 is 0 Å². The Morgan fingerprint density at radius 2 is 1.81 bits per heavy atom. The quantitative estimate of drug-likeness (QED) is 0.564. The second-order valence-corrected chi connectivity index (χ2v) is 7.03. The van der Waals surface area contributed by atoms with Crippen molar-refractivity contribution in [1.29, 1.82) is 0 Å². The number of aromatic nitrogens is 1. The number of urea groups is 1. The van der Waals surface area contributed by atoms with Gasteiger partial charge in [0, 0.05) is 28.6 Å². The van der Waals surface area contributed by atoms with E-state index in [4.69, 9.17) is 0 Å². The van der Waals surface area contributed by atoms with Crippen molar-refractivity contribution < 1.29 is 14.4 Å². The van der Waals surface area contributed by atoms with E-state index in [2.05, 4.69) is 4.98 Å². The van der Waals surface area contributed by atoms with Gasteiger partial charge in [-0.2, -0.15) is 0 Å². The number of hydrogen-bond donors (Lipinski definition) is 1. The second kappa shape index (κ2) is 5.54. The zero-order valence-corrected chi connectivity index (χ0v) is 14.7. The van der Waals surface area contributed by atoms with E-state index in [9.17, 15) is 14.4 Å². The number of aromatic amines is 1. The van der Waals surface area contributed by atoms with E-state index in [1.807, 2.05) is 24.3 Å². The SMILES string of the molecule is CC(=O)c1ccc(N2C(=O)C3Cc4c([nH]c5ccccc45)CN3C2=O)cc1. The fraction of sp³-hybridized carbons (Fsp3) is 0.190. The lowest BCUT2D eigenvalue weighted by atomic mass is 9.97. The first-order chi connectivity index (χ1) is 13.0. The van der Waals surface area contributed by atoms with Gasteiger partial charge in [0.05, 0.1) is 12.2 Å². The molecule has 6 heteroatoms. The van der Waals surface area contributed by atoms with Crippen LogP contribution in [-0.4, -0.2) is 33.6 Å². The molecular formula is C21H17N3O3. The molecule has 6 nitrogen and oxygen atoms in total. The first-order valence-electron chi connectivity index (χ1n) is 8.88. The van der Waals surface area contributed by atoms with Crippen LogP contribution in [0.4, 0.5) is 10.5 Å². The molecule has 1 saturated heterocycles. The van der Waals surface area contributed by atoms with Gasteiger partial charge in [-0.25, -0.2) is 9.69 Å². The third-order valence-corrected chi connectivity index (χ3v) is 5.48. The highest BCUT2D eigenvalue weighted by atomic mass is 16.2. The number of anilines is 1. The van der Waals surface area contributed by atoms with Crippen molar-refractivity contribution in [3.05, 3.63) is 65.4 Å². The molecule has 1 atom stereocenters. The molecule has 134 valence electrons. The van der Waals surface area contributed by atoms with Crippen LogP contribution < -0.4 is 4.90 Å². The number of amides is 3. The Hall–Kier alpha value is -3.41. The fourth-order valence-corrected chi connectivity index (χ4v) is 4.08. The Labute approximate surface area is 155 Å². The van der Waals surface area contributed by atoms with Crippen molar-refractivity contribution in [2.24, 2.45) is 0 Å². The minimum absolute atomic E-state index is 0.0524. The summed E-state index contributed by atoms with van der Waals surface area (Å²) < 4.78 is 0. The summed E-state index contributed by atoms with van der Waals surface area (Å²) in [5.74, 6) is -0.269. The number of Topliss-reactive ketones (excluding diaryl/α,β-unsaturated/α-hetero) is 1. The highest BCUT2D eigenvalue weighted by Gasteiger charge is 2.48. The number of rotatable bonds is 2. The summed E-state index contributed by atoms with van der Waals surface area (Å²) in [5, 5.41) is 1.11. The molecule has 1 fully saturated rings. The van der Waals surface area contributed by atoms with Crippen molar-refractivity contribution in [2.75, 3.05) is 4.90 Å². The van der Waals surface area contributed by atoms with Crippen molar-refractivity contribution in [1.82, 2.24) is 9.88 Å². The molecule has 0 spiro atoms. The molecule has 1 N–H and O–H groups in total. The lowest BCUT2D eigenvalue weighted by Crippen LogP contribution is -2.39. The molecule has 0 aliphatic carbocycles. The Morgan fingerprint density at radius 3 is 2.56 bits per heavy atom. The molecule has 2 aliphatic heterocycles. The summed E-state index contributed by atoms with van der Waals surface area (Å²) in [6.07, 6.45) is 0.506. The van der Waals surface area contributed by atoms with Crippen LogP contribution in [0, 0.1) is 0 Å². The van der Waals surface area contributed by atoms with Crippen molar-refractivity contribution in [3.63, 3.8) is 0 Å². The number of ketones is 1. The third-order valence-electron chi connectivity index (χ3n) is 5.48. The standard InChI is InChI=1S/C21H17N3O3/c1-12(25)13-6-8-14(9-7-13)24-20(26)19-10-16-15-4-2-3-5-17(15)22-18(16)11-23(19)21(24)27/h2-9,19,22H,10-11H2,1H3. The molecule has 3 aromatic rings. The Bertz CT molecular complexity index is 1110. The number of H-pyrrole nitrogens is 1. The number of imide groups is 1. The summed E-state index contributed by atoms with van der Waals surface area (Å²) in [6, 6.07) is 13.8. The number of nitrogens with one attached hydrogen (secondary N) is 1. The number of carbonyl (C=O) groups excluding carboxylic acids is 3. The summed E-state index contributed by atoms with van der Waals surface area (Å²) in [6.45, 7) is 1.88. The van der Waals surface area contributed by atoms with E-state index in [1.165, 1.54) is 11.8 Å². The van der Waals surface area contributed by atoms with E-state index in [0.717, 1.165) is 22.2 Å². The summed E-state index contributed by atoms with van der Waals surface area (Å²) in [4.78, 5) is 43.7. The van der Waals surface area contributed by atoms with Crippen LogP contribution in [0.1, 0.15) is 28.5 Å². The van der Waals surface area contributed by atoms with Gasteiger partial charge in [0.15, 0.2) is 5.78 Å². The number of hydrogen-bond acceptors (Lipinski definition) is 3. The number of para-hydroxylation sites is 1. The largest absolute Gasteiger partial charge is 0.357 e. The average Bonchev–Trinajstić information content (AvgIpc) is 3.15. The molecule has 3 amide bonds. The van der Waals surface area contributed by atoms with Crippen molar-refractivity contribution in [2.45, 2.75) is 25.9 Å². The predicted molar refractivity (Wildman–Crippen MR) is 101 cm³/mol. The maximum atomic E-state index is 13.0. The van der Waals surface area contributed by atoms with Gasteiger partial charge in [0.1, 0.15) is 6.04 Å². The van der Waals surface area contributed by atoms with E-state index in [1.54, 1.807) is 29.2 Å². The van der Waals surface area contributed by atoms with E-state index < -0.39 is 6.04 Å². The van der Waals surface area contributed by atoms with Crippen LogP contribution in [0.15, 0.2) is 48.5 Å². The number of fused-ring (bicyclic) bond motifs is 4. The maximum absolute atomic E-state index is 13.0. The van der Waals surface area contributed by atoms with Gasteiger partial charge in [0.2, 0.25) is 0 Å². The van der Waals surface area contributed by atoms with Gasteiger partial charge in [-0.05, 0) is 42.8 Å². The zero-order valence-electron chi connectivity index (χ0n) is 14.7. The first kappa shape index (κ1) is 15.8. The van der Waals surface area contributed by atoms with Crippen LogP contribution in [0.2, 0.25) is 0 Å². The van der Waals surface area contributed by atoms with E-state index in [0.29, 0.717) is 24.2 Å². The smallest absolute Gasteiger partial charge is 0.332 e. The Morgan fingerprint density at radius 1 is 1.07 bits per heavy atom. The number of carbonyl (C=O) groups is 3. The van der Waals surface area contributed by atoms with E-state index in [-0.39, 0.29) is 17.7 Å². The molecule has 1 unspecified atom stereocenters. The van der Waals surface area contributed by atoms with Gasteiger partial charge in [-0.3, -0.25) is 9.59 Å². The Kier molecular flexibility index (Phi) is 3.25. The maximum Gasteiger partial charge on any atom is 0.332 e. The Balaban J connectivity index is 1.51. The van der Waals surface area contributed by atoms with Gasteiger partial charge in [-0.1, -0.05) is 18.2 Å². The molecule has 0 saturated carbocycles. The molecule has 3 heterocycles. The molecular weight excluding hydrogens is 342 g/mol. The van der Waals surface area contributed by atoms with Gasteiger partial charge in [0.25, 0.3) is 5.91 Å². The molecule has 0 bridgehead atoms. The summed E-state index contributed by atoms with van der Waals surface area (Å²) in [7, 11) is 0. The number of nitrogens with zero attached hydrogens (tertiary/aromatic N) is 2. The van der Waals surface area contributed by atoms with Crippen LogP contribution >= 0.6 is 0 Å². The highest BCUT2D eigenvalue weighted by molar-refractivity contribution is 6.21. The van der Waals surface area contributed by atoms with Crippen molar-refractivity contribution >= 4 is 34.3 Å². The fourth-order valence-electron chi connectivity index (χ4n) is 4.08. The molecule has 5 rings (SSSR count). The first-order valence-corrected chi connectivity index (χ1v) is 8.88. The van der Waals surface area contributed by atoms with Crippen LogP contribution in [0.25, 0.3) is 10.9 Å². The molecule has 2 aromatic carbocycles. The van der Waals surface area contributed by atoms with Gasteiger partial charge in [-0.15, -0.1) is 0 Å². The topological polar surface area (TPSA) is 73.5 Å². The monoisotopic (exact) mass is 359 g/mol. The lowest BCUT2D eigenvalue weighted by Gasteiger charge is -2.26. The van der Waals surface area contributed by atoms with Crippen molar-refractivity contribution in [3.8, 4) is 0 Å². The third kappa shape index (κ3) is 2.23. The summed E-state index contributed by atoms with van der Waals surface area (Å²) >= 11 is 0. The minimum atomic E-state index is -0.489. The second-order valence-electron chi connectivity index (χ2n) is 7.03.